The van der Waals surface area contributed by atoms with Crippen molar-refractivity contribution in [3.63, 3.8) is 0 Å². The Morgan fingerprint density at radius 2 is 1.21 bits per heavy atom. The van der Waals surface area contributed by atoms with E-state index in [2.05, 4.69) is 37.5 Å². The van der Waals surface area contributed by atoms with Crippen molar-refractivity contribution in [3.8, 4) is 0 Å². The lowest BCUT2D eigenvalue weighted by molar-refractivity contribution is 0.363. The van der Waals surface area contributed by atoms with Crippen LogP contribution in [0.25, 0.3) is 0 Å². The van der Waals surface area contributed by atoms with Crippen molar-refractivity contribution in [1.29, 1.82) is 0 Å². The molecule has 1 heterocycles. The zero-order chi connectivity index (χ0) is 10.6. The average Bonchev–Trinajstić information content (AvgIpc) is 3.02. The number of nitrogens with zero attached hydrogens (tertiary/aromatic N) is 2. The first-order valence-corrected chi connectivity index (χ1v) is 9.65. The molecule has 84 valence electrons. The van der Waals surface area contributed by atoms with Crippen molar-refractivity contribution in [2.75, 3.05) is 26.2 Å². The lowest BCUT2D eigenvalue weighted by Crippen LogP contribution is -2.43. The quantitative estimate of drug-likeness (QED) is 0.430. The topological polar surface area (TPSA) is 6.48 Å². The highest BCUT2D eigenvalue weighted by Crippen LogP contribution is 2.73. The Balaban J connectivity index is 2.78. The summed E-state index contributed by atoms with van der Waals surface area (Å²) in [6, 6.07) is 0. The van der Waals surface area contributed by atoms with Crippen molar-refractivity contribution in [2.45, 2.75) is 27.7 Å². The third-order valence-corrected chi connectivity index (χ3v) is 7.60. The molecular formula is C9H20N2S3. The molecule has 0 saturated carbocycles. The number of hydrogen-bond acceptors (Lipinski definition) is 2. The van der Waals surface area contributed by atoms with E-state index < -0.39 is 0 Å². The van der Waals surface area contributed by atoms with Gasteiger partial charge in [0, 0.05) is 26.2 Å². The molecule has 0 aromatic rings. The lowest BCUT2D eigenvalue weighted by Gasteiger charge is -2.29. The van der Waals surface area contributed by atoms with Crippen molar-refractivity contribution >= 4 is 33.3 Å². The van der Waals surface area contributed by atoms with Crippen LogP contribution in [0.3, 0.4) is 0 Å². The third kappa shape index (κ3) is 3.17. The number of rotatable bonds is 4. The molecule has 1 aliphatic rings. The van der Waals surface area contributed by atoms with Gasteiger partial charge in [0.15, 0.2) is 0 Å². The van der Waals surface area contributed by atoms with Crippen LogP contribution in [0.4, 0.5) is 0 Å². The van der Waals surface area contributed by atoms with Crippen LogP contribution in [0, 0.1) is 0 Å². The Bertz CT molecular complexity index is 190. The lowest BCUT2D eigenvalue weighted by atomic mass is 10.5. The van der Waals surface area contributed by atoms with Crippen LogP contribution in [0.5, 0.6) is 0 Å². The van der Waals surface area contributed by atoms with Gasteiger partial charge >= 0.3 is 0 Å². The van der Waals surface area contributed by atoms with E-state index in [1.807, 2.05) is 19.7 Å². The van der Waals surface area contributed by atoms with Crippen LogP contribution in [0.2, 0.25) is 0 Å². The molecule has 2 nitrogen and oxygen atoms in total. The first kappa shape index (κ1) is 12.9. The van der Waals surface area contributed by atoms with Gasteiger partial charge in [0.05, 0.1) is 0 Å². The minimum atomic E-state index is 0.439. The average molecular weight is 252 g/mol. The van der Waals surface area contributed by atoms with Gasteiger partial charge in [-0.1, -0.05) is 27.7 Å². The van der Waals surface area contributed by atoms with E-state index in [1.54, 1.807) is 5.11 Å². The molecular weight excluding hydrogens is 232 g/mol. The summed E-state index contributed by atoms with van der Waals surface area (Å²) in [6.07, 6.45) is 0. The zero-order valence-corrected chi connectivity index (χ0v) is 11.9. The van der Waals surface area contributed by atoms with Crippen LogP contribution in [-0.2, 0) is 0 Å². The van der Waals surface area contributed by atoms with Gasteiger partial charge in [-0.2, -0.15) is 0 Å². The molecule has 14 heavy (non-hydrogen) atoms. The van der Waals surface area contributed by atoms with Gasteiger partial charge < -0.3 is 0 Å². The van der Waals surface area contributed by atoms with E-state index in [0.717, 1.165) is 26.2 Å². The van der Waals surface area contributed by atoms with Crippen molar-refractivity contribution in [2.24, 2.45) is 0 Å². The molecule has 1 fully saturated rings. The Labute approximate surface area is 96.9 Å². The van der Waals surface area contributed by atoms with Gasteiger partial charge in [-0.15, -0.1) is 0 Å². The first-order valence-electron chi connectivity index (χ1n) is 5.24. The summed E-state index contributed by atoms with van der Waals surface area (Å²) in [6.45, 7) is 13.5. The van der Waals surface area contributed by atoms with Crippen LogP contribution >= 0.6 is 28.2 Å². The zero-order valence-electron chi connectivity index (χ0n) is 9.45. The van der Waals surface area contributed by atoms with Gasteiger partial charge in [-0.05, 0) is 28.2 Å². The van der Waals surface area contributed by atoms with Crippen molar-refractivity contribution in [3.05, 3.63) is 0 Å². The summed E-state index contributed by atoms with van der Waals surface area (Å²) in [5, 5.41) is 1.56. The summed E-state index contributed by atoms with van der Waals surface area (Å²) in [7, 11) is 4.48. The smallest absolute Gasteiger partial charge is 0.110 e. The Kier molecular flexibility index (Phi) is 5.93. The largest absolute Gasteiger partial charge is 0.260 e. The maximum atomic E-state index is 2.50. The molecule has 0 aromatic carbocycles. The highest BCUT2D eigenvalue weighted by Gasteiger charge is 2.26. The van der Waals surface area contributed by atoms with Crippen LogP contribution < -0.4 is 0 Å². The summed E-state index contributed by atoms with van der Waals surface area (Å²) < 4.78 is 0. The molecule has 0 atom stereocenters. The van der Waals surface area contributed by atoms with E-state index in [1.165, 1.54) is 0 Å². The fourth-order valence-electron chi connectivity index (χ4n) is 1.47. The Morgan fingerprint density at radius 3 is 1.43 bits per heavy atom. The van der Waals surface area contributed by atoms with E-state index in [0.29, 0.717) is 8.55 Å². The predicted octanol–water partition coefficient (Wildman–Crippen LogP) is 3.25. The van der Waals surface area contributed by atoms with E-state index in [9.17, 15) is 0 Å². The standard InChI is InChI=1S/C9H20N2S3/c1-5-10(6-2)9(14-12-13-14)11(7-3)8-4/h5-8H2,1-4H3. The van der Waals surface area contributed by atoms with Crippen LogP contribution in [0.15, 0.2) is 0 Å². The van der Waals surface area contributed by atoms with Gasteiger partial charge in [-0.25, -0.2) is 0 Å². The second kappa shape index (κ2) is 6.43. The monoisotopic (exact) mass is 252 g/mol. The van der Waals surface area contributed by atoms with Crippen molar-refractivity contribution < 1.29 is 0 Å². The van der Waals surface area contributed by atoms with Crippen LogP contribution in [-0.4, -0.2) is 41.1 Å². The number of hydrogen-bond donors (Lipinski definition) is 0. The minimum Gasteiger partial charge on any atom is -0.260 e. The fraction of sp³-hybridized carbons (Fsp3) is 0.889. The molecule has 5 heteroatoms. The Morgan fingerprint density at radius 1 is 0.857 bits per heavy atom. The fourth-order valence-corrected chi connectivity index (χ4v) is 6.37. The third-order valence-electron chi connectivity index (χ3n) is 2.35. The first-order chi connectivity index (χ1) is 6.78. The highest BCUT2D eigenvalue weighted by atomic mass is 34.1. The molecule has 1 aliphatic heterocycles. The molecule has 0 radical (unpaired) electrons. The van der Waals surface area contributed by atoms with Crippen LogP contribution in [0.1, 0.15) is 27.7 Å². The van der Waals surface area contributed by atoms with Gasteiger partial charge in [0.1, 0.15) is 5.11 Å². The molecule has 1 rings (SSSR count). The second-order valence-corrected chi connectivity index (χ2v) is 10.0. The summed E-state index contributed by atoms with van der Waals surface area (Å²) >= 11 is 0. The van der Waals surface area contributed by atoms with Crippen molar-refractivity contribution in [1.82, 2.24) is 9.80 Å². The SMILES string of the molecule is CCN(CC)C(N(CC)CC)=S1SS1. The molecule has 0 spiro atoms. The molecule has 0 aromatic heterocycles. The van der Waals surface area contributed by atoms with E-state index in [-0.39, 0.29) is 0 Å². The van der Waals surface area contributed by atoms with Gasteiger partial charge in [0.25, 0.3) is 0 Å². The summed E-state index contributed by atoms with van der Waals surface area (Å²) in [4.78, 5) is 5.01. The van der Waals surface area contributed by atoms with Gasteiger partial charge in [-0.3, -0.25) is 9.80 Å². The molecule has 1 saturated heterocycles. The van der Waals surface area contributed by atoms with E-state index >= 15 is 0 Å². The summed E-state index contributed by atoms with van der Waals surface area (Å²) in [5.41, 5.74) is 0. The molecule has 0 bridgehead atoms. The molecule has 0 unspecified atom stereocenters. The predicted molar refractivity (Wildman–Crippen MR) is 73.6 cm³/mol. The minimum absolute atomic E-state index is 0.439. The Hall–Kier alpha value is 0.840. The van der Waals surface area contributed by atoms with E-state index in [4.69, 9.17) is 0 Å². The van der Waals surface area contributed by atoms with Gasteiger partial charge in [0.2, 0.25) is 0 Å². The maximum absolute atomic E-state index is 2.50. The molecule has 0 aliphatic carbocycles. The maximum Gasteiger partial charge on any atom is 0.110 e. The highest BCUT2D eigenvalue weighted by molar-refractivity contribution is 9.63. The molecule has 0 N–H and O–H groups in total. The summed E-state index contributed by atoms with van der Waals surface area (Å²) in [5.74, 6) is 0. The second-order valence-electron chi connectivity index (χ2n) is 3.00. The molecule has 0 amide bonds. The normalized spacial score (nSPS) is 16.7.